The van der Waals surface area contributed by atoms with Crippen LogP contribution >= 0.6 is 0 Å². The van der Waals surface area contributed by atoms with E-state index < -0.39 is 10.0 Å². The van der Waals surface area contributed by atoms with E-state index in [-0.39, 0.29) is 5.75 Å². The van der Waals surface area contributed by atoms with E-state index in [9.17, 15) is 8.42 Å². The molecule has 2 aliphatic heterocycles. The van der Waals surface area contributed by atoms with Gasteiger partial charge in [0.15, 0.2) is 5.96 Å². The lowest BCUT2D eigenvalue weighted by Gasteiger charge is -2.23. The van der Waals surface area contributed by atoms with Gasteiger partial charge in [-0.15, -0.1) is 0 Å². The van der Waals surface area contributed by atoms with Crippen molar-refractivity contribution in [3.8, 4) is 0 Å². The second kappa shape index (κ2) is 10.2. The average molecular weight is 408 g/mol. The summed E-state index contributed by atoms with van der Waals surface area (Å²) in [7, 11) is -3.03. The first-order valence-corrected chi connectivity index (χ1v) is 12.0. The number of aliphatic imine (C=N–C) groups is 1. The molecule has 1 aromatic carbocycles. The van der Waals surface area contributed by atoms with E-state index >= 15 is 0 Å². The number of guanidine groups is 1. The van der Waals surface area contributed by atoms with Gasteiger partial charge in [0.05, 0.1) is 12.3 Å². The molecule has 0 aliphatic carbocycles. The fourth-order valence-electron chi connectivity index (χ4n) is 3.91. The maximum atomic E-state index is 11.9. The highest BCUT2D eigenvalue weighted by molar-refractivity contribution is 7.89. The number of benzene rings is 1. The van der Waals surface area contributed by atoms with E-state index in [1.54, 1.807) is 4.31 Å². The Hall–Kier alpha value is -1.64. The lowest BCUT2D eigenvalue weighted by molar-refractivity contribution is 0.250. The van der Waals surface area contributed by atoms with E-state index in [0.29, 0.717) is 25.7 Å². The molecule has 28 heavy (non-hydrogen) atoms. The topological polar surface area (TPSA) is 77.0 Å². The predicted octanol–water partition coefficient (Wildman–Crippen LogP) is 1.24. The summed E-state index contributed by atoms with van der Waals surface area (Å²) in [5, 5.41) is 6.56. The number of nitrogens with one attached hydrogen (secondary N) is 2. The molecule has 0 spiro atoms. The Labute approximate surface area is 169 Å². The lowest BCUT2D eigenvalue weighted by atomic mass is 10.2. The van der Waals surface area contributed by atoms with Crippen LogP contribution in [0.25, 0.3) is 0 Å². The normalized spacial score (nSPS) is 23.2. The first-order chi connectivity index (χ1) is 13.6. The molecule has 7 nitrogen and oxygen atoms in total. The third-order valence-electron chi connectivity index (χ3n) is 5.39. The summed E-state index contributed by atoms with van der Waals surface area (Å²) in [4.78, 5) is 7.29. The zero-order chi connectivity index (χ0) is 19.8. The first-order valence-electron chi connectivity index (χ1n) is 10.4. The molecule has 0 aromatic heterocycles. The van der Waals surface area contributed by atoms with Gasteiger partial charge in [-0.2, -0.15) is 0 Å². The molecule has 2 aliphatic rings. The first kappa shape index (κ1) is 21.1. The van der Waals surface area contributed by atoms with E-state index in [1.165, 1.54) is 18.4 Å². The van der Waals surface area contributed by atoms with Gasteiger partial charge in [-0.3, -0.25) is 9.89 Å². The molecule has 2 heterocycles. The van der Waals surface area contributed by atoms with Crippen molar-refractivity contribution in [2.75, 3.05) is 45.0 Å². The molecule has 1 unspecified atom stereocenters. The van der Waals surface area contributed by atoms with Crippen LogP contribution in [0.2, 0.25) is 0 Å². The molecule has 0 bridgehead atoms. The predicted molar refractivity (Wildman–Crippen MR) is 114 cm³/mol. The number of hydrogen-bond donors (Lipinski definition) is 2. The summed E-state index contributed by atoms with van der Waals surface area (Å²) in [5.41, 5.74) is 1.34. The van der Waals surface area contributed by atoms with E-state index in [2.05, 4.69) is 45.9 Å². The van der Waals surface area contributed by atoms with Gasteiger partial charge in [-0.05, 0) is 38.3 Å². The van der Waals surface area contributed by atoms with Crippen LogP contribution in [0.5, 0.6) is 0 Å². The Morgan fingerprint density at radius 2 is 2.00 bits per heavy atom. The van der Waals surface area contributed by atoms with Crippen LogP contribution in [-0.4, -0.2) is 74.6 Å². The molecular weight excluding hydrogens is 374 g/mol. The minimum atomic E-state index is -3.03. The van der Waals surface area contributed by atoms with Crippen molar-refractivity contribution in [3.05, 3.63) is 35.9 Å². The van der Waals surface area contributed by atoms with Crippen LogP contribution in [-0.2, 0) is 16.6 Å². The van der Waals surface area contributed by atoms with Crippen molar-refractivity contribution in [1.82, 2.24) is 19.8 Å². The van der Waals surface area contributed by atoms with E-state index in [0.717, 1.165) is 38.6 Å². The Balaban J connectivity index is 1.50. The summed E-state index contributed by atoms with van der Waals surface area (Å²) < 4.78 is 25.4. The van der Waals surface area contributed by atoms with Crippen LogP contribution < -0.4 is 10.6 Å². The van der Waals surface area contributed by atoms with Crippen molar-refractivity contribution in [3.63, 3.8) is 0 Å². The molecule has 0 saturated carbocycles. The highest BCUT2D eigenvalue weighted by Gasteiger charge is 2.27. The highest BCUT2D eigenvalue weighted by Crippen LogP contribution is 2.20. The number of hydrogen-bond acceptors (Lipinski definition) is 4. The van der Waals surface area contributed by atoms with Crippen molar-refractivity contribution in [2.24, 2.45) is 4.99 Å². The van der Waals surface area contributed by atoms with E-state index in [1.807, 2.05) is 6.92 Å². The standard InChI is InChI=1S/C20H33N5O2S/c1-2-21-20(22-11-14-25-13-7-15-28(25,26)27)23-16-19-10-6-12-24(19)17-18-8-4-3-5-9-18/h3-5,8-9,19H,2,6-7,10-17H2,1H3,(H2,21,22,23). The minimum Gasteiger partial charge on any atom is -0.357 e. The molecule has 3 rings (SSSR count). The van der Waals surface area contributed by atoms with Gasteiger partial charge >= 0.3 is 0 Å². The molecule has 2 fully saturated rings. The van der Waals surface area contributed by atoms with Crippen molar-refractivity contribution < 1.29 is 8.42 Å². The van der Waals surface area contributed by atoms with E-state index in [4.69, 9.17) is 4.99 Å². The summed E-state index contributed by atoms with van der Waals surface area (Å²) in [6.45, 7) is 7.37. The maximum absolute atomic E-state index is 11.9. The van der Waals surface area contributed by atoms with Crippen LogP contribution in [0.1, 0.15) is 31.7 Å². The van der Waals surface area contributed by atoms with Crippen molar-refractivity contribution in [1.29, 1.82) is 0 Å². The number of rotatable bonds is 8. The molecule has 1 atom stereocenters. The maximum Gasteiger partial charge on any atom is 0.214 e. The molecule has 1 aromatic rings. The SMILES string of the molecule is CCNC(=NCC1CCCN1Cc1ccccc1)NCCN1CCCS1(=O)=O. The van der Waals surface area contributed by atoms with Crippen LogP contribution in [0.15, 0.2) is 35.3 Å². The Bertz CT molecular complexity index is 738. The zero-order valence-corrected chi connectivity index (χ0v) is 17.6. The second-order valence-corrected chi connectivity index (χ2v) is 9.56. The number of likely N-dealkylation sites (tertiary alicyclic amines) is 1. The fourth-order valence-corrected chi connectivity index (χ4v) is 5.44. The van der Waals surface area contributed by atoms with Gasteiger partial charge in [0, 0.05) is 38.8 Å². The molecule has 8 heteroatoms. The highest BCUT2D eigenvalue weighted by atomic mass is 32.2. The third-order valence-corrected chi connectivity index (χ3v) is 7.35. The number of sulfonamides is 1. The molecule has 2 saturated heterocycles. The van der Waals surface area contributed by atoms with Crippen LogP contribution in [0.4, 0.5) is 0 Å². The molecule has 0 radical (unpaired) electrons. The lowest BCUT2D eigenvalue weighted by Crippen LogP contribution is -2.42. The molecule has 2 N–H and O–H groups in total. The van der Waals surface area contributed by atoms with Gasteiger partial charge in [-0.25, -0.2) is 12.7 Å². The molecule has 156 valence electrons. The van der Waals surface area contributed by atoms with Gasteiger partial charge in [0.1, 0.15) is 0 Å². The monoisotopic (exact) mass is 407 g/mol. The third kappa shape index (κ3) is 5.93. The number of nitrogens with zero attached hydrogens (tertiary/aromatic N) is 3. The average Bonchev–Trinajstić information content (AvgIpc) is 3.26. The quantitative estimate of drug-likeness (QED) is 0.501. The van der Waals surface area contributed by atoms with Crippen LogP contribution in [0.3, 0.4) is 0 Å². The Morgan fingerprint density at radius 3 is 2.71 bits per heavy atom. The smallest absolute Gasteiger partial charge is 0.214 e. The van der Waals surface area contributed by atoms with Crippen LogP contribution in [0, 0.1) is 0 Å². The fraction of sp³-hybridized carbons (Fsp3) is 0.650. The Morgan fingerprint density at radius 1 is 1.18 bits per heavy atom. The van der Waals surface area contributed by atoms with Crippen molar-refractivity contribution in [2.45, 2.75) is 38.8 Å². The van der Waals surface area contributed by atoms with Crippen molar-refractivity contribution >= 4 is 16.0 Å². The summed E-state index contributed by atoms with van der Waals surface area (Å²) in [6.07, 6.45) is 3.11. The van der Waals surface area contributed by atoms with Gasteiger partial charge in [-0.1, -0.05) is 30.3 Å². The molecule has 0 amide bonds. The second-order valence-electron chi connectivity index (χ2n) is 7.47. The summed E-state index contributed by atoms with van der Waals surface area (Å²) >= 11 is 0. The summed E-state index contributed by atoms with van der Waals surface area (Å²) in [6, 6.07) is 11.0. The van der Waals surface area contributed by atoms with Gasteiger partial charge in [0.25, 0.3) is 0 Å². The minimum absolute atomic E-state index is 0.278. The Kier molecular flexibility index (Phi) is 7.70. The summed E-state index contributed by atoms with van der Waals surface area (Å²) in [5.74, 6) is 1.05. The molecular formula is C20H33N5O2S. The largest absolute Gasteiger partial charge is 0.357 e. The zero-order valence-electron chi connectivity index (χ0n) is 16.8. The van der Waals surface area contributed by atoms with Gasteiger partial charge < -0.3 is 10.6 Å². The van der Waals surface area contributed by atoms with Gasteiger partial charge in [0.2, 0.25) is 10.0 Å².